The third-order valence-corrected chi connectivity index (χ3v) is 2.48. The lowest BCUT2D eigenvalue weighted by Gasteiger charge is -2.08. The molecule has 0 saturated carbocycles. The molecule has 0 aliphatic rings. The Kier molecular flexibility index (Phi) is 4.49. The summed E-state index contributed by atoms with van der Waals surface area (Å²) in [6, 6.07) is 4.65. The van der Waals surface area contributed by atoms with Crippen molar-refractivity contribution in [2.45, 2.75) is 13.3 Å². The maximum atomic E-state index is 11.4. The molecule has 0 atom stereocenters. The summed E-state index contributed by atoms with van der Waals surface area (Å²) in [6.45, 7) is 1.81. The van der Waals surface area contributed by atoms with Crippen molar-refractivity contribution in [3.8, 4) is 0 Å². The summed E-state index contributed by atoms with van der Waals surface area (Å²) < 4.78 is 0. The van der Waals surface area contributed by atoms with E-state index in [9.17, 15) is 9.59 Å². The summed E-state index contributed by atoms with van der Waals surface area (Å²) in [5.74, 6) is -1.14. The second-order valence-electron chi connectivity index (χ2n) is 3.32. The highest BCUT2D eigenvalue weighted by molar-refractivity contribution is 9.09. The molecule has 1 aromatic carbocycles. The lowest BCUT2D eigenvalue weighted by atomic mass is 10.1. The van der Waals surface area contributed by atoms with E-state index in [0.717, 1.165) is 5.56 Å². The number of halogens is 1. The Hall–Kier alpha value is -1.36. The second-order valence-corrected chi connectivity index (χ2v) is 4.12. The molecule has 0 aliphatic heterocycles. The number of hydrogen-bond donors (Lipinski definition) is 2. The van der Waals surface area contributed by atoms with Gasteiger partial charge in [0, 0.05) is 17.4 Å². The van der Waals surface area contributed by atoms with E-state index in [-0.39, 0.29) is 11.5 Å². The maximum Gasteiger partial charge on any atom is 0.335 e. The van der Waals surface area contributed by atoms with Crippen molar-refractivity contribution in [3.05, 3.63) is 29.3 Å². The molecule has 1 amide bonds. The van der Waals surface area contributed by atoms with Gasteiger partial charge in [0.1, 0.15) is 0 Å². The van der Waals surface area contributed by atoms with Crippen LogP contribution in [0.2, 0.25) is 0 Å². The van der Waals surface area contributed by atoms with E-state index in [2.05, 4.69) is 21.2 Å². The monoisotopic (exact) mass is 285 g/mol. The number of carbonyl (C=O) groups is 2. The Morgan fingerprint density at radius 1 is 1.44 bits per heavy atom. The molecule has 0 heterocycles. The minimum Gasteiger partial charge on any atom is -0.478 e. The van der Waals surface area contributed by atoms with Crippen LogP contribution in [0, 0.1) is 6.92 Å². The summed E-state index contributed by atoms with van der Waals surface area (Å²) in [4.78, 5) is 22.1. The highest BCUT2D eigenvalue weighted by Crippen LogP contribution is 2.17. The molecule has 0 radical (unpaired) electrons. The van der Waals surface area contributed by atoms with Gasteiger partial charge in [-0.1, -0.05) is 22.0 Å². The number of anilines is 1. The van der Waals surface area contributed by atoms with E-state index in [1.807, 2.05) is 6.92 Å². The molecule has 0 saturated heterocycles. The molecule has 0 bridgehead atoms. The fraction of sp³-hybridized carbons (Fsp3) is 0.273. The Bertz CT molecular complexity index is 418. The zero-order chi connectivity index (χ0) is 12.1. The average molecular weight is 286 g/mol. The van der Waals surface area contributed by atoms with Crippen LogP contribution >= 0.6 is 15.9 Å². The summed E-state index contributed by atoms with van der Waals surface area (Å²) >= 11 is 3.16. The Morgan fingerprint density at radius 3 is 2.69 bits per heavy atom. The summed E-state index contributed by atoms with van der Waals surface area (Å²) in [5, 5.41) is 12.1. The predicted octanol–water partition coefficient (Wildman–Crippen LogP) is 2.42. The smallest absolute Gasteiger partial charge is 0.335 e. The van der Waals surface area contributed by atoms with Crippen molar-refractivity contribution >= 4 is 33.5 Å². The molecule has 4 nitrogen and oxygen atoms in total. The van der Waals surface area contributed by atoms with Crippen LogP contribution in [-0.4, -0.2) is 22.3 Å². The summed E-state index contributed by atoms with van der Waals surface area (Å²) in [5.41, 5.74) is 1.55. The molecule has 5 heteroatoms. The van der Waals surface area contributed by atoms with Crippen molar-refractivity contribution in [2.75, 3.05) is 10.6 Å². The van der Waals surface area contributed by atoms with Gasteiger partial charge in [0.2, 0.25) is 5.91 Å². The number of hydrogen-bond acceptors (Lipinski definition) is 2. The molecular weight excluding hydrogens is 274 g/mol. The lowest BCUT2D eigenvalue weighted by Crippen LogP contribution is -2.13. The summed E-state index contributed by atoms with van der Waals surface area (Å²) in [7, 11) is 0. The third kappa shape index (κ3) is 3.34. The minimum absolute atomic E-state index is 0.137. The first-order valence-electron chi connectivity index (χ1n) is 4.74. The lowest BCUT2D eigenvalue weighted by molar-refractivity contribution is -0.115. The number of carbonyl (C=O) groups excluding carboxylic acids is 1. The van der Waals surface area contributed by atoms with Crippen LogP contribution in [0.3, 0.4) is 0 Å². The van der Waals surface area contributed by atoms with Crippen molar-refractivity contribution in [2.24, 2.45) is 0 Å². The minimum atomic E-state index is -1.00. The van der Waals surface area contributed by atoms with Crippen LogP contribution in [0.1, 0.15) is 22.3 Å². The highest BCUT2D eigenvalue weighted by atomic mass is 79.9. The van der Waals surface area contributed by atoms with Gasteiger partial charge in [0.25, 0.3) is 0 Å². The van der Waals surface area contributed by atoms with Crippen LogP contribution in [-0.2, 0) is 4.79 Å². The number of alkyl halides is 1. The molecule has 0 aromatic heterocycles. The number of carboxylic acid groups (broad SMARTS) is 1. The zero-order valence-electron chi connectivity index (χ0n) is 8.79. The fourth-order valence-corrected chi connectivity index (χ4v) is 1.55. The third-order valence-electron chi connectivity index (χ3n) is 2.08. The van der Waals surface area contributed by atoms with Gasteiger partial charge in [-0.2, -0.15) is 0 Å². The van der Waals surface area contributed by atoms with E-state index >= 15 is 0 Å². The van der Waals surface area contributed by atoms with Gasteiger partial charge in [-0.3, -0.25) is 4.79 Å². The first kappa shape index (κ1) is 12.7. The normalized spacial score (nSPS) is 9.88. The SMILES string of the molecule is Cc1ccc(C(=O)O)cc1NC(=O)CCBr. The van der Waals surface area contributed by atoms with Gasteiger partial charge >= 0.3 is 5.97 Å². The van der Waals surface area contributed by atoms with Crippen molar-refractivity contribution < 1.29 is 14.7 Å². The topological polar surface area (TPSA) is 66.4 Å². The number of nitrogens with one attached hydrogen (secondary N) is 1. The van der Waals surface area contributed by atoms with Gasteiger partial charge in [0.15, 0.2) is 0 Å². The first-order valence-corrected chi connectivity index (χ1v) is 5.86. The molecule has 0 aliphatic carbocycles. The molecule has 1 aromatic rings. The largest absolute Gasteiger partial charge is 0.478 e. The van der Waals surface area contributed by atoms with Gasteiger partial charge in [0.05, 0.1) is 5.56 Å². The number of amides is 1. The number of rotatable bonds is 4. The van der Waals surface area contributed by atoms with Crippen molar-refractivity contribution in [3.63, 3.8) is 0 Å². The zero-order valence-corrected chi connectivity index (χ0v) is 10.4. The Balaban J connectivity index is 2.90. The van der Waals surface area contributed by atoms with E-state index in [0.29, 0.717) is 17.4 Å². The number of benzene rings is 1. The van der Waals surface area contributed by atoms with Crippen LogP contribution in [0.25, 0.3) is 0 Å². The van der Waals surface area contributed by atoms with Gasteiger partial charge < -0.3 is 10.4 Å². The number of aromatic carboxylic acids is 1. The first-order chi connectivity index (χ1) is 7.54. The molecule has 16 heavy (non-hydrogen) atoms. The van der Waals surface area contributed by atoms with E-state index in [1.54, 1.807) is 6.07 Å². The molecule has 0 spiro atoms. The molecule has 1 rings (SSSR count). The fourth-order valence-electron chi connectivity index (χ4n) is 1.19. The standard InChI is InChI=1S/C11H12BrNO3/c1-7-2-3-8(11(15)16)6-9(7)13-10(14)4-5-12/h2-3,6H,4-5H2,1H3,(H,13,14)(H,15,16). The Labute approximate surface area is 102 Å². The van der Waals surface area contributed by atoms with E-state index < -0.39 is 5.97 Å². The number of carboxylic acids is 1. The van der Waals surface area contributed by atoms with Gasteiger partial charge in [-0.15, -0.1) is 0 Å². The highest BCUT2D eigenvalue weighted by Gasteiger charge is 2.08. The molecule has 86 valence electrons. The quantitative estimate of drug-likeness (QED) is 0.835. The van der Waals surface area contributed by atoms with Crippen molar-refractivity contribution in [1.82, 2.24) is 0 Å². The molecule has 0 fully saturated rings. The number of aryl methyl sites for hydroxylation is 1. The maximum absolute atomic E-state index is 11.4. The predicted molar refractivity (Wildman–Crippen MR) is 65.2 cm³/mol. The molecule has 2 N–H and O–H groups in total. The van der Waals surface area contributed by atoms with E-state index in [1.165, 1.54) is 12.1 Å². The van der Waals surface area contributed by atoms with Crippen LogP contribution in [0.15, 0.2) is 18.2 Å². The van der Waals surface area contributed by atoms with Crippen LogP contribution in [0.4, 0.5) is 5.69 Å². The Morgan fingerprint density at radius 2 is 2.12 bits per heavy atom. The van der Waals surface area contributed by atoms with Gasteiger partial charge in [-0.25, -0.2) is 4.79 Å². The van der Waals surface area contributed by atoms with Crippen molar-refractivity contribution in [1.29, 1.82) is 0 Å². The van der Waals surface area contributed by atoms with Crippen LogP contribution < -0.4 is 5.32 Å². The van der Waals surface area contributed by atoms with Crippen LogP contribution in [0.5, 0.6) is 0 Å². The summed E-state index contributed by atoms with van der Waals surface area (Å²) in [6.07, 6.45) is 0.358. The molecular formula is C11H12BrNO3. The average Bonchev–Trinajstić information content (AvgIpc) is 2.21. The van der Waals surface area contributed by atoms with Gasteiger partial charge in [-0.05, 0) is 24.6 Å². The second kappa shape index (κ2) is 5.65. The van der Waals surface area contributed by atoms with E-state index in [4.69, 9.17) is 5.11 Å². The molecule has 0 unspecified atom stereocenters.